The van der Waals surface area contributed by atoms with Gasteiger partial charge in [-0.2, -0.15) is 8.61 Å². The van der Waals surface area contributed by atoms with Crippen molar-refractivity contribution >= 4 is 20.0 Å². The highest BCUT2D eigenvalue weighted by molar-refractivity contribution is 7.89. The Kier molecular flexibility index (Phi) is 10.7. The lowest BCUT2D eigenvalue weighted by Crippen LogP contribution is -2.41. The van der Waals surface area contributed by atoms with E-state index in [2.05, 4.69) is 25.3 Å². The van der Waals surface area contributed by atoms with Crippen LogP contribution in [0, 0.1) is 19.8 Å². The molecule has 1 heterocycles. The molecule has 0 N–H and O–H groups in total. The summed E-state index contributed by atoms with van der Waals surface area (Å²) >= 11 is 0. The first-order valence-corrected chi connectivity index (χ1v) is 16.3. The van der Waals surface area contributed by atoms with Crippen LogP contribution in [0.15, 0.2) is 70.5 Å². The van der Waals surface area contributed by atoms with Crippen molar-refractivity contribution in [1.82, 2.24) is 13.5 Å². The fraction of sp³-hybridized carbons (Fsp3) is 0.517. The Hall–Kier alpha value is -2.04. The predicted molar refractivity (Wildman–Crippen MR) is 154 cm³/mol. The van der Waals surface area contributed by atoms with E-state index in [9.17, 15) is 16.8 Å². The molecule has 7 nitrogen and oxygen atoms in total. The number of hydrogen-bond acceptors (Lipinski definition) is 5. The molecule has 0 atom stereocenters. The minimum atomic E-state index is -3.77. The molecule has 9 heteroatoms. The highest BCUT2D eigenvalue weighted by Gasteiger charge is 2.29. The summed E-state index contributed by atoms with van der Waals surface area (Å²) < 4.78 is 57.4. The monoisotopic (exact) mass is 561 g/mol. The van der Waals surface area contributed by atoms with Crippen molar-refractivity contribution in [3.63, 3.8) is 0 Å². The van der Waals surface area contributed by atoms with Crippen LogP contribution in [-0.4, -0.2) is 76.2 Å². The Morgan fingerprint density at radius 1 is 0.711 bits per heavy atom. The van der Waals surface area contributed by atoms with Crippen LogP contribution in [0.5, 0.6) is 0 Å². The minimum Gasteiger partial charge on any atom is -0.303 e. The van der Waals surface area contributed by atoms with Crippen LogP contribution in [0.3, 0.4) is 0 Å². The average molecular weight is 562 g/mol. The van der Waals surface area contributed by atoms with Gasteiger partial charge in [-0.3, -0.25) is 0 Å². The van der Waals surface area contributed by atoms with E-state index in [-0.39, 0.29) is 22.9 Å². The van der Waals surface area contributed by atoms with Crippen LogP contribution in [0.25, 0.3) is 0 Å². The molecule has 2 aromatic carbocycles. The molecule has 2 aromatic rings. The molecule has 0 spiro atoms. The van der Waals surface area contributed by atoms with Gasteiger partial charge in [-0.25, -0.2) is 16.8 Å². The van der Waals surface area contributed by atoms with Crippen LogP contribution in [0.1, 0.15) is 44.2 Å². The number of hydrogen-bond donors (Lipinski definition) is 0. The lowest BCUT2D eigenvalue weighted by Gasteiger charge is -2.30. The third-order valence-electron chi connectivity index (χ3n) is 6.90. The topological polar surface area (TPSA) is 78.0 Å². The van der Waals surface area contributed by atoms with E-state index in [1.165, 1.54) is 8.61 Å². The maximum absolute atomic E-state index is 13.6. The van der Waals surface area contributed by atoms with Gasteiger partial charge >= 0.3 is 0 Å². The summed E-state index contributed by atoms with van der Waals surface area (Å²) in [4.78, 5) is 2.82. The molecular weight excluding hydrogens is 518 g/mol. The zero-order valence-electron chi connectivity index (χ0n) is 23.3. The van der Waals surface area contributed by atoms with Gasteiger partial charge in [0.15, 0.2) is 0 Å². The second-order valence-corrected chi connectivity index (χ2v) is 14.7. The molecule has 1 aliphatic heterocycles. The summed E-state index contributed by atoms with van der Waals surface area (Å²) in [5.41, 5.74) is 2.52. The van der Waals surface area contributed by atoms with Crippen molar-refractivity contribution in [3.8, 4) is 0 Å². The molecule has 3 rings (SSSR count). The number of sulfonamides is 2. The average Bonchev–Trinajstić information content (AvgIpc) is 2.85. The predicted octanol–water partition coefficient (Wildman–Crippen LogP) is 4.68. The van der Waals surface area contributed by atoms with Crippen LogP contribution < -0.4 is 0 Å². The molecular formula is C29H43N3O4S2. The standard InChI is InChI=1S/C29H43N3O4S2/c1-24(2)16-21-30-17-6-19-31(37(33,34)28-12-8-25(3)9-13-28)22-27(5)23-32(20-7-18-30)38(35,36)29-14-10-26(4)11-15-29/h8-15,24H,5-7,16-23H2,1-4H3. The van der Waals surface area contributed by atoms with Crippen LogP contribution in [0.2, 0.25) is 0 Å². The van der Waals surface area contributed by atoms with Gasteiger partial charge in [0, 0.05) is 26.2 Å². The Balaban J connectivity index is 1.91. The molecule has 0 aromatic heterocycles. The van der Waals surface area contributed by atoms with Crippen LogP contribution in [-0.2, 0) is 20.0 Å². The summed E-state index contributed by atoms with van der Waals surface area (Å²) in [5.74, 6) is 0.552. The quantitative estimate of drug-likeness (QED) is 0.459. The molecule has 1 saturated heterocycles. The summed E-state index contributed by atoms with van der Waals surface area (Å²) in [5, 5.41) is 0. The van der Waals surface area contributed by atoms with Crippen LogP contribution in [0.4, 0.5) is 0 Å². The Bertz CT molecular complexity index is 1180. The smallest absolute Gasteiger partial charge is 0.243 e. The SMILES string of the molecule is C=C1CN(S(=O)(=O)c2ccc(C)cc2)CCCN(CCC(C)C)CCCN(S(=O)(=O)c2ccc(C)cc2)C1. The van der Waals surface area contributed by atoms with Crippen molar-refractivity contribution in [2.75, 3.05) is 45.8 Å². The Morgan fingerprint density at radius 2 is 1.11 bits per heavy atom. The second kappa shape index (κ2) is 13.3. The first-order chi connectivity index (χ1) is 17.9. The van der Waals surface area contributed by atoms with Crippen molar-refractivity contribution in [2.45, 2.75) is 56.7 Å². The van der Waals surface area contributed by atoms with E-state index in [4.69, 9.17) is 0 Å². The first-order valence-electron chi connectivity index (χ1n) is 13.4. The Labute approximate surface area is 230 Å². The zero-order valence-corrected chi connectivity index (χ0v) is 24.9. The third-order valence-corrected chi connectivity index (χ3v) is 10.6. The zero-order chi connectivity index (χ0) is 27.9. The number of benzene rings is 2. The van der Waals surface area contributed by atoms with Gasteiger partial charge in [-0.1, -0.05) is 55.8 Å². The van der Waals surface area contributed by atoms with Gasteiger partial charge in [0.05, 0.1) is 9.79 Å². The van der Waals surface area contributed by atoms with Gasteiger partial charge in [0.2, 0.25) is 20.0 Å². The highest BCUT2D eigenvalue weighted by Crippen LogP contribution is 2.22. The summed E-state index contributed by atoms with van der Waals surface area (Å²) in [7, 11) is -7.53. The van der Waals surface area contributed by atoms with Crippen molar-refractivity contribution in [3.05, 3.63) is 71.8 Å². The maximum Gasteiger partial charge on any atom is 0.243 e. The second-order valence-electron chi connectivity index (χ2n) is 10.8. The fourth-order valence-electron chi connectivity index (χ4n) is 4.55. The van der Waals surface area contributed by atoms with Gasteiger partial charge < -0.3 is 4.90 Å². The molecule has 0 unspecified atom stereocenters. The van der Waals surface area contributed by atoms with Crippen molar-refractivity contribution < 1.29 is 16.8 Å². The van der Waals surface area contributed by atoms with E-state index in [1.807, 2.05) is 13.8 Å². The molecule has 1 fully saturated rings. The molecule has 0 radical (unpaired) electrons. The van der Waals surface area contributed by atoms with E-state index in [0.29, 0.717) is 37.4 Å². The van der Waals surface area contributed by atoms with Gasteiger partial charge in [-0.15, -0.1) is 0 Å². The lowest BCUT2D eigenvalue weighted by molar-refractivity contribution is 0.233. The molecule has 1 aliphatic rings. The molecule has 38 heavy (non-hydrogen) atoms. The van der Waals surface area contributed by atoms with E-state index in [1.54, 1.807) is 48.5 Å². The molecule has 210 valence electrons. The largest absolute Gasteiger partial charge is 0.303 e. The van der Waals surface area contributed by atoms with Crippen molar-refractivity contribution in [1.29, 1.82) is 0 Å². The number of nitrogens with zero attached hydrogens (tertiary/aromatic N) is 3. The fourth-order valence-corrected chi connectivity index (χ4v) is 7.55. The van der Waals surface area contributed by atoms with Gasteiger partial charge in [0.25, 0.3) is 0 Å². The van der Waals surface area contributed by atoms with Gasteiger partial charge in [-0.05, 0) is 88.5 Å². The Morgan fingerprint density at radius 3 is 1.47 bits per heavy atom. The minimum absolute atomic E-state index is 0.0715. The summed E-state index contributed by atoms with van der Waals surface area (Å²) in [6.07, 6.45) is 2.43. The lowest BCUT2D eigenvalue weighted by atomic mass is 10.1. The maximum atomic E-state index is 13.6. The third kappa shape index (κ3) is 8.23. The summed E-state index contributed by atoms with van der Waals surface area (Å²) in [6, 6.07) is 13.7. The van der Waals surface area contributed by atoms with Crippen molar-refractivity contribution in [2.24, 2.45) is 5.92 Å². The van der Waals surface area contributed by atoms with E-state index in [0.717, 1.165) is 37.2 Å². The number of rotatable bonds is 7. The van der Waals surface area contributed by atoms with Crippen LogP contribution >= 0.6 is 0 Å². The summed E-state index contributed by atoms with van der Waals surface area (Å²) in [6.45, 7) is 15.6. The number of aryl methyl sites for hydroxylation is 2. The normalized spacial score (nSPS) is 18.3. The van der Waals surface area contributed by atoms with Gasteiger partial charge in [0.1, 0.15) is 0 Å². The molecule has 0 saturated carbocycles. The molecule has 0 aliphatic carbocycles. The molecule has 0 amide bonds. The molecule has 0 bridgehead atoms. The highest BCUT2D eigenvalue weighted by atomic mass is 32.2. The first kappa shape index (κ1) is 30.5. The van der Waals surface area contributed by atoms with E-state index >= 15 is 0 Å². The van der Waals surface area contributed by atoms with E-state index < -0.39 is 20.0 Å².